The van der Waals surface area contributed by atoms with Crippen LogP contribution in [0.5, 0.6) is 5.75 Å². The normalized spacial score (nSPS) is 8.00. The smallest absolute Gasteiger partial charge is 0.123 e. The van der Waals surface area contributed by atoms with E-state index in [0.29, 0.717) is 5.75 Å². The van der Waals surface area contributed by atoms with E-state index in [4.69, 9.17) is 0 Å². The van der Waals surface area contributed by atoms with Crippen LogP contribution in [0.25, 0.3) is 11.1 Å². The molecule has 0 bridgehead atoms. The van der Waals surface area contributed by atoms with Crippen LogP contribution in [0.2, 0.25) is 0 Å². The Morgan fingerprint density at radius 1 is 0.688 bits per heavy atom. The van der Waals surface area contributed by atoms with Crippen molar-refractivity contribution >= 4 is 24.8 Å². The van der Waals surface area contributed by atoms with Crippen molar-refractivity contribution in [2.75, 3.05) is 0 Å². The number of aromatic hydroxyl groups is 1. The van der Waals surface area contributed by atoms with Gasteiger partial charge in [0.25, 0.3) is 0 Å². The number of hydrogen-bond acceptors (Lipinski definition) is 1. The van der Waals surface area contributed by atoms with E-state index < -0.39 is 0 Å². The van der Waals surface area contributed by atoms with E-state index in [2.05, 4.69) is 0 Å². The number of benzene rings is 2. The SMILES string of the molecule is Cl.Cl.Oc1ccccc1-c1ccccc1.[Ti]. The molecule has 16 heavy (non-hydrogen) atoms. The van der Waals surface area contributed by atoms with Gasteiger partial charge in [-0.05, 0) is 11.6 Å². The largest absolute Gasteiger partial charge is 0.507 e. The molecule has 0 aliphatic rings. The maximum atomic E-state index is 9.56. The van der Waals surface area contributed by atoms with Crippen molar-refractivity contribution in [2.24, 2.45) is 0 Å². The molecule has 0 aliphatic heterocycles. The summed E-state index contributed by atoms with van der Waals surface area (Å²) in [6, 6.07) is 17.2. The average Bonchev–Trinajstić information content (AvgIpc) is 2.20. The first-order valence-electron chi connectivity index (χ1n) is 4.21. The molecule has 2 aromatic rings. The molecule has 0 amide bonds. The Balaban J connectivity index is 0. The fourth-order valence-corrected chi connectivity index (χ4v) is 1.34. The first kappa shape index (κ1) is 17.9. The summed E-state index contributed by atoms with van der Waals surface area (Å²) in [5.74, 6) is 0.328. The van der Waals surface area contributed by atoms with Crippen LogP contribution in [0.1, 0.15) is 0 Å². The summed E-state index contributed by atoms with van der Waals surface area (Å²) in [4.78, 5) is 0. The van der Waals surface area contributed by atoms with E-state index in [0.717, 1.165) is 11.1 Å². The summed E-state index contributed by atoms with van der Waals surface area (Å²) < 4.78 is 0. The zero-order chi connectivity index (χ0) is 9.10. The van der Waals surface area contributed by atoms with Crippen LogP contribution in [-0.4, -0.2) is 5.11 Å². The molecule has 0 atom stereocenters. The molecule has 0 spiro atoms. The summed E-state index contributed by atoms with van der Waals surface area (Å²) in [7, 11) is 0. The van der Waals surface area contributed by atoms with Crippen molar-refractivity contribution < 1.29 is 26.8 Å². The summed E-state index contributed by atoms with van der Waals surface area (Å²) in [5.41, 5.74) is 1.92. The van der Waals surface area contributed by atoms with Gasteiger partial charge in [0.1, 0.15) is 5.75 Å². The van der Waals surface area contributed by atoms with E-state index in [1.165, 1.54) is 0 Å². The molecule has 0 saturated heterocycles. The van der Waals surface area contributed by atoms with Crippen molar-refractivity contribution in [1.29, 1.82) is 0 Å². The molecule has 0 aromatic heterocycles. The van der Waals surface area contributed by atoms with Gasteiger partial charge in [0.2, 0.25) is 0 Å². The van der Waals surface area contributed by atoms with Crippen LogP contribution in [-0.2, 0) is 21.7 Å². The first-order chi connectivity index (χ1) is 6.38. The summed E-state index contributed by atoms with van der Waals surface area (Å²) in [6.07, 6.45) is 0. The summed E-state index contributed by atoms with van der Waals surface area (Å²) in [5, 5.41) is 9.56. The second kappa shape index (κ2) is 8.66. The molecule has 0 saturated carbocycles. The van der Waals surface area contributed by atoms with Crippen molar-refractivity contribution in [1.82, 2.24) is 0 Å². The van der Waals surface area contributed by atoms with Crippen LogP contribution in [0.3, 0.4) is 0 Å². The first-order valence-corrected chi connectivity index (χ1v) is 4.21. The molecule has 2 rings (SSSR count). The number of phenolic OH excluding ortho intramolecular Hbond substituents is 1. The molecular weight excluding hydrogens is 279 g/mol. The van der Waals surface area contributed by atoms with Crippen molar-refractivity contribution in [3.63, 3.8) is 0 Å². The third kappa shape index (κ3) is 4.19. The van der Waals surface area contributed by atoms with Gasteiger partial charge in [-0.25, -0.2) is 0 Å². The van der Waals surface area contributed by atoms with Gasteiger partial charge in [-0.2, -0.15) is 0 Å². The summed E-state index contributed by atoms with van der Waals surface area (Å²) in [6.45, 7) is 0. The Hall–Kier alpha value is -0.466. The Kier molecular flexibility index (Phi) is 9.70. The second-order valence-electron chi connectivity index (χ2n) is 2.88. The van der Waals surface area contributed by atoms with Gasteiger partial charge in [0.15, 0.2) is 0 Å². The van der Waals surface area contributed by atoms with Gasteiger partial charge in [-0.3, -0.25) is 0 Å². The maximum absolute atomic E-state index is 9.56. The van der Waals surface area contributed by atoms with Crippen LogP contribution >= 0.6 is 24.8 Å². The third-order valence-corrected chi connectivity index (χ3v) is 1.99. The van der Waals surface area contributed by atoms with Crippen LogP contribution in [0.15, 0.2) is 54.6 Å². The van der Waals surface area contributed by atoms with E-state index in [1.54, 1.807) is 6.07 Å². The maximum Gasteiger partial charge on any atom is 0.123 e. The third-order valence-electron chi connectivity index (χ3n) is 1.99. The Labute approximate surface area is 123 Å². The molecule has 0 heterocycles. The number of rotatable bonds is 1. The van der Waals surface area contributed by atoms with E-state index in [-0.39, 0.29) is 46.5 Å². The van der Waals surface area contributed by atoms with Crippen LogP contribution < -0.4 is 0 Å². The standard InChI is InChI=1S/C12H10O.2ClH.Ti/c13-12-9-5-4-8-11(12)10-6-2-1-3-7-10;;;/h1-9,13H;2*1H;. The van der Waals surface area contributed by atoms with Gasteiger partial charge >= 0.3 is 0 Å². The predicted molar refractivity (Wildman–Crippen MR) is 68.0 cm³/mol. The minimum absolute atomic E-state index is 0. The van der Waals surface area contributed by atoms with E-state index >= 15 is 0 Å². The minimum Gasteiger partial charge on any atom is -0.507 e. The number of halogens is 2. The number of para-hydroxylation sites is 1. The second-order valence-corrected chi connectivity index (χ2v) is 2.88. The molecule has 0 aliphatic carbocycles. The van der Waals surface area contributed by atoms with Gasteiger partial charge in [-0.1, -0.05) is 48.5 Å². The number of hydrogen-bond donors (Lipinski definition) is 1. The molecule has 0 unspecified atom stereocenters. The fourth-order valence-electron chi connectivity index (χ4n) is 1.34. The average molecular weight is 291 g/mol. The zero-order valence-corrected chi connectivity index (χ0v) is 11.7. The van der Waals surface area contributed by atoms with Crippen LogP contribution in [0, 0.1) is 0 Å². The van der Waals surface area contributed by atoms with Gasteiger partial charge in [0.05, 0.1) is 0 Å². The van der Waals surface area contributed by atoms with E-state index in [1.807, 2.05) is 48.5 Å². The molecule has 0 radical (unpaired) electrons. The monoisotopic (exact) mass is 290 g/mol. The molecule has 84 valence electrons. The Morgan fingerprint density at radius 2 is 1.19 bits per heavy atom. The van der Waals surface area contributed by atoms with E-state index in [9.17, 15) is 5.11 Å². The minimum atomic E-state index is 0. The predicted octanol–water partition coefficient (Wildman–Crippen LogP) is 3.90. The molecule has 2 aromatic carbocycles. The Bertz CT molecular complexity index is 407. The summed E-state index contributed by atoms with van der Waals surface area (Å²) >= 11 is 0. The molecule has 0 fully saturated rings. The quantitative estimate of drug-likeness (QED) is 0.790. The number of phenols is 1. The molecule has 4 heteroatoms. The zero-order valence-electron chi connectivity index (χ0n) is 8.46. The van der Waals surface area contributed by atoms with Crippen molar-refractivity contribution in [3.8, 4) is 16.9 Å². The molecular formula is C12H12Cl2OTi. The van der Waals surface area contributed by atoms with Gasteiger partial charge in [-0.15, -0.1) is 24.8 Å². The fraction of sp³-hybridized carbons (Fsp3) is 0. The van der Waals surface area contributed by atoms with Crippen molar-refractivity contribution in [3.05, 3.63) is 54.6 Å². The Morgan fingerprint density at radius 3 is 1.75 bits per heavy atom. The molecule has 1 N–H and O–H groups in total. The van der Waals surface area contributed by atoms with Gasteiger partial charge in [0, 0.05) is 27.3 Å². The van der Waals surface area contributed by atoms with Gasteiger partial charge < -0.3 is 5.11 Å². The topological polar surface area (TPSA) is 20.2 Å². The molecule has 1 nitrogen and oxygen atoms in total. The van der Waals surface area contributed by atoms with Crippen LogP contribution in [0.4, 0.5) is 0 Å². The van der Waals surface area contributed by atoms with Crippen molar-refractivity contribution in [2.45, 2.75) is 0 Å².